The molecule has 9 heteroatoms. The van der Waals surface area contributed by atoms with E-state index in [-0.39, 0.29) is 35.1 Å². The lowest BCUT2D eigenvalue weighted by molar-refractivity contribution is -0.139. The van der Waals surface area contributed by atoms with Crippen LogP contribution in [0.25, 0.3) is 11.3 Å². The fraction of sp³-hybridized carbons (Fsp3) is 0.227. The van der Waals surface area contributed by atoms with Gasteiger partial charge in [0, 0.05) is 11.8 Å². The molecule has 31 heavy (non-hydrogen) atoms. The highest BCUT2D eigenvalue weighted by atomic mass is 19.4. The van der Waals surface area contributed by atoms with Crippen molar-refractivity contribution in [1.29, 1.82) is 5.26 Å². The summed E-state index contributed by atoms with van der Waals surface area (Å²) >= 11 is 0. The third kappa shape index (κ3) is 4.38. The zero-order valence-electron chi connectivity index (χ0n) is 16.7. The molecule has 2 aromatic rings. The molecule has 2 N–H and O–H groups in total. The maximum atomic E-state index is 13.0. The minimum atomic E-state index is -4.49. The predicted molar refractivity (Wildman–Crippen MR) is 105 cm³/mol. The van der Waals surface area contributed by atoms with Gasteiger partial charge in [-0.2, -0.15) is 18.4 Å². The second kappa shape index (κ2) is 8.52. The van der Waals surface area contributed by atoms with Crippen LogP contribution >= 0.6 is 0 Å². The molecule has 3 rings (SSSR count). The summed E-state index contributed by atoms with van der Waals surface area (Å²) in [6.45, 7) is 3.32. The Bertz CT molecular complexity index is 1110. The smallest absolute Gasteiger partial charge is 0.416 e. The van der Waals surface area contributed by atoms with Gasteiger partial charge in [-0.1, -0.05) is 24.3 Å². The van der Waals surface area contributed by atoms with E-state index >= 15 is 0 Å². The summed E-state index contributed by atoms with van der Waals surface area (Å²) in [5.41, 5.74) is 6.33. The Kier molecular flexibility index (Phi) is 6.02. The molecule has 0 bridgehead atoms. The van der Waals surface area contributed by atoms with Gasteiger partial charge in [0.2, 0.25) is 5.88 Å². The number of esters is 1. The van der Waals surface area contributed by atoms with Crippen LogP contribution in [0.2, 0.25) is 0 Å². The second-order valence-electron chi connectivity index (χ2n) is 6.66. The molecule has 1 unspecified atom stereocenters. The third-order valence-corrected chi connectivity index (χ3v) is 4.73. The first-order valence-corrected chi connectivity index (χ1v) is 9.26. The van der Waals surface area contributed by atoms with Crippen LogP contribution in [0.5, 0.6) is 0 Å². The number of carbonyl (C=O) groups is 1. The molecule has 1 aliphatic rings. The molecule has 6 nitrogen and oxygen atoms in total. The molecule has 0 aliphatic carbocycles. The van der Waals surface area contributed by atoms with E-state index in [0.29, 0.717) is 11.1 Å². The quantitative estimate of drug-likeness (QED) is 0.723. The molecule has 160 valence electrons. The van der Waals surface area contributed by atoms with Crippen molar-refractivity contribution in [3.05, 3.63) is 76.5 Å². The number of aromatic nitrogens is 1. The number of nitrogens with two attached hydrogens (primary N) is 1. The first kappa shape index (κ1) is 21.9. The number of nitrogens with zero attached hydrogens (tertiary/aromatic N) is 2. The number of hydrogen-bond acceptors (Lipinski definition) is 6. The van der Waals surface area contributed by atoms with E-state index in [0.717, 1.165) is 18.3 Å². The van der Waals surface area contributed by atoms with Crippen LogP contribution in [0.1, 0.15) is 30.9 Å². The van der Waals surface area contributed by atoms with Crippen molar-refractivity contribution >= 4 is 5.97 Å². The second-order valence-corrected chi connectivity index (χ2v) is 6.66. The van der Waals surface area contributed by atoms with Crippen LogP contribution in [-0.2, 0) is 20.4 Å². The predicted octanol–water partition coefficient (Wildman–Crippen LogP) is 4.41. The Morgan fingerprint density at radius 3 is 2.55 bits per heavy atom. The van der Waals surface area contributed by atoms with Gasteiger partial charge in [0.25, 0.3) is 0 Å². The standard InChI is InChI=1S/C22H18F3N3O3/c1-3-30-21(29)18-12(2)31-20(27)16(11-26)19(18)14-6-4-13(5-7-14)17-10-15(8-9-28-17)22(23,24)25/h4-10,19H,3,27H2,1-2H3. The highest BCUT2D eigenvalue weighted by Crippen LogP contribution is 2.40. The van der Waals surface area contributed by atoms with E-state index in [1.54, 1.807) is 38.1 Å². The van der Waals surface area contributed by atoms with Crippen molar-refractivity contribution < 1.29 is 27.4 Å². The Balaban J connectivity index is 2.04. The highest BCUT2D eigenvalue weighted by Gasteiger charge is 2.36. The van der Waals surface area contributed by atoms with Crippen LogP contribution < -0.4 is 5.73 Å². The summed E-state index contributed by atoms with van der Waals surface area (Å²) in [5, 5.41) is 9.59. The molecule has 0 radical (unpaired) electrons. The molecule has 0 saturated carbocycles. The number of nitriles is 1. The van der Waals surface area contributed by atoms with Gasteiger partial charge in [-0.25, -0.2) is 4.79 Å². The number of halogens is 3. The lowest BCUT2D eigenvalue weighted by atomic mass is 9.82. The molecule has 0 saturated heterocycles. The molecule has 1 aromatic carbocycles. The van der Waals surface area contributed by atoms with E-state index in [1.807, 2.05) is 6.07 Å². The van der Waals surface area contributed by atoms with Crippen LogP contribution in [-0.4, -0.2) is 17.6 Å². The minimum Gasteiger partial charge on any atom is -0.463 e. The third-order valence-electron chi connectivity index (χ3n) is 4.73. The van der Waals surface area contributed by atoms with Gasteiger partial charge in [0.15, 0.2) is 0 Å². The summed E-state index contributed by atoms with van der Waals surface area (Å²) < 4.78 is 49.4. The summed E-state index contributed by atoms with van der Waals surface area (Å²) in [6, 6.07) is 10.2. The van der Waals surface area contributed by atoms with Crippen molar-refractivity contribution in [1.82, 2.24) is 4.98 Å². The molecule has 1 atom stereocenters. The minimum absolute atomic E-state index is 0.0404. The van der Waals surface area contributed by atoms with E-state index < -0.39 is 23.6 Å². The molecule has 2 heterocycles. The zero-order chi connectivity index (χ0) is 22.8. The molecule has 0 amide bonds. The maximum Gasteiger partial charge on any atom is 0.416 e. The Labute approximate surface area is 176 Å². The topological polar surface area (TPSA) is 98.2 Å². The van der Waals surface area contributed by atoms with Crippen molar-refractivity contribution in [2.75, 3.05) is 6.61 Å². The van der Waals surface area contributed by atoms with Gasteiger partial charge in [-0.05, 0) is 31.5 Å². The number of carbonyl (C=O) groups excluding carboxylic acids is 1. The molecule has 0 spiro atoms. The number of rotatable bonds is 4. The molecule has 1 aromatic heterocycles. The van der Waals surface area contributed by atoms with Crippen LogP contribution in [0, 0.1) is 11.3 Å². The molecule has 0 fully saturated rings. The van der Waals surface area contributed by atoms with Gasteiger partial charge >= 0.3 is 12.1 Å². The highest BCUT2D eigenvalue weighted by molar-refractivity contribution is 5.92. The summed E-state index contributed by atoms with van der Waals surface area (Å²) in [7, 11) is 0. The first-order chi connectivity index (χ1) is 14.7. The van der Waals surface area contributed by atoms with Crippen LogP contribution in [0.15, 0.2) is 65.4 Å². The number of pyridine rings is 1. The van der Waals surface area contributed by atoms with Gasteiger partial charge in [0.05, 0.1) is 29.4 Å². The van der Waals surface area contributed by atoms with Gasteiger partial charge in [0.1, 0.15) is 17.4 Å². The number of benzene rings is 1. The average Bonchev–Trinajstić information content (AvgIpc) is 2.73. The van der Waals surface area contributed by atoms with E-state index in [2.05, 4.69) is 4.98 Å². The summed E-state index contributed by atoms with van der Waals surface area (Å²) in [5.74, 6) is -1.39. The van der Waals surface area contributed by atoms with Gasteiger partial charge < -0.3 is 15.2 Å². The Hall–Kier alpha value is -3.80. The molecule has 1 aliphatic heterocycles. The van der Waals surface area contributed by atoms with Crippen molar-refractivity contribution in [3.63, 3.8) is 0 Å². The number of ether oxygens (including phenoxy) is 2. The van der Waals surface area contributed by atoms with Crippen molar-refractivity contribution in [3.8, 4) is 17.3 Å². The lowest BCUT2D eigenvalue weighted by Gasteiger charge is -2.26. The maximum absolute atomic E-state index is 13.0. The van der Waals surface area contributed by atoms with Crippen LogP contribution in [0.4, 0.5) is 13.2 Å². The lowest BCUT2D eigenvalue weighted by Crippen LogP contribution is -2.25. The first-order valence-electron chi connectivity index (χ1n) is 9.26. The largest absolute Gasteiger partial charge is 0.463 e. The molecular formula is C22H18F3N3O3. The monoisotopic (exact) mass is 429 g/mol. The normalized spacial score (nSPS) is 16.6. The van der Waals surface area contributed by atoms with Gasteiger partial charge in [-0.15, -0.1) is 0 Å². The Morgan fingerprint density at radius 1 is 1.29 bits per heavy atom. The number of alkyl halides is 3. The Morgan fingerprint density at radius 2 is 1.97 bits per heavy atom. The van der Waals surface area contributed by atoms with E-state index in [9.17, 15) is 23.2 Å². The van der Waals surface area contributed by atoms with Crippen molar-refractivity contribution in [2.24, 2.45) is 5.73 Å². The van der Waals surface area contributed by atoms with Gasteiger partial charge in [-0.3, -0.25) is 4.98 Å². The number of allylic oxidation sites excluding steroid dienone is 2. The molecular weight excluding hydrogens is 411 g/mol. The van der Waals surface area contributed by atoms with E-state index in [4.69, 9.17) is 15.2 Å². The van der Waals surface area contributed by atoms with Crippen molar-refractivity contribution in [2.45, 2.75) is 25.9 Å². The van der Waals surface area contributed by atoms with Crippen LogP contribution in [0.3, 0.4) is 0 Å². The zero-order valence-corrected chi connectivity index (χ0v) is 16.7. The summed E-state index contributed by atoms with van der Waals surface area (Å²) in [6.07, 6.45) is -3.40. The summed E-state index contributed by atoms with van der Waals surface area (Å²) in [4.78, 5) is 16.5. The number of hydrogen-bond donors (Lipinski definition) is 1. The van der Waals surface area contributed by atoms with E-state index in [1.165, 1.54) is 0 Å². The average molecular weight is 429 g/mol. The SMILES string of the molecule is CCOC(=O)C1=C(C)OC(N)=C(C#N)C1c1ccc(-c2cc(C(F)(F)F)ccn2)cc1. The fourth-order valence-corrected chi connectivity index (χ4v) is 3.30. The fourth-order valence-electron chi connectivity index (χ4n) is 3.30.